The smallest absolute Gasteiger partial charge is 0.0535 e. The van der Waals surface area contributed by atoms with Crippen molar-refractivity contribution < 1.29 is 5.11 Å². The Morgan fingerprint density at radius 3 is 2.79 bits per heavy atom. The Bertz CT molecular complexity index is 272. The molecule has 0 aromatic carbocycles. The summed E-state index contributed by atoms with van der Waals surface area (Å²) in [6.45, 7) is 7.13. The summed E-state index contributed by atoms with van der Waals surface area (Å²) in [5.74, 6) is 0.280. The maximum absolute atomic E-state index is 8.96. The molecule has 1 aromatic rings. The summed E-state index contributed by atoms with van der Waals surface area (Å²) < 4.78 is 0. The highest BCUT2D eigenvalue weighted by atomic mass is 16.3. The molecule has 0 saturated heterocycles. The highest BCUT2D eigenvalue weighted by Crippen LogP contribution is 2.05. The maximum Gasteiger partial charge on any atom is 0.0535 e. The molecule has 1 rings (SSSR count). The predicted molar refractivity (Wildman–Crippen MR) is 55.9 cm³/mol. The van der Waals surface area contributed by atoms with Gasteiger partial charge in [0.2, 0.25) is 0 Å². The van der Waals surface area contributed by atoms with E-state index in [0.717, 1.165) is 12.2 Å². The molecule has 1 heterocycles. The molecule has 4 nitrogen and oxygen atoms in total. The van der Waals surface area contributed by atoms with Crippen LogP contribution >= 0.6 is 0 Å². The van der Waals surface area contributed by atoms with E-state index >= 15 is 0 Å². The lowest BCUT2D eigenvalue weighted by molar-refractivity contribution is 0.207. The topological polar surface area (TPSA) is 60.9 Å². The van der Waals surface area contributed by atoms with E-state index in [2.05, 4.69) is 22.4 Å². The van der Waals surface area contributed by atoms with Crippen LogP contribution in [0, 0.1) is 12.8 Å². The Balaban J connectivity index is 2.37. The van der Waals surface area contributed by atoms with E-state index in [4.69, 9.17) is 5.11 Å². The van der Waals surface area contributed by atoms with Gasteiger partial charge in [-0.05, 0) is 19.8 Å². The van der Waals surface area contributed by atoms with Crippen LogP contribution in [0.2, 0.25) is 0 Å². The van der Waals surface area contributed by atoms with Crippen LogP contribution in [0.5, 0.6) is 0 Å². The second-order valence-electron chi connectivity index (χ2n) is 3.85. The number of nitrogens with zero attached hydrogens (tertiary/aromatic N) is 1. The van der Waals surface area contributed by atoms with Gasteiger partial charge in [-0.15, -0.1) is 0 Å². The molecule has 0 fully saturated rings. The number of H-pyrrole nitrogens is 1. The van der Waals surface area contributed by atoms with Crippen molar-refractivity contribution in [1.29, 1.82) is 0 Å². The Morgan fingerprint density at radius 1 is 1.57 bits per heavy atom. The van der Waals surface area contributed by atoms with Gasteiger partial charge in [-0.2, -0.15) is 5.10 Å². The molecule has 2 atom stereocenters. The zero-order chi connectivity index (χ0) is 10.6. The molecule has 0 amide bonds. The first kappa shape index (κ1) is 11.2. The summed E-state index contributed by atoms with van der Waals surface area (Å²) >= 11 is 0. The first-order chi connectivity index (χ1) is 6.65. The zero-order valence-electron chi connectivity index (χ0n) is 9.04. The maximum atomic E-state index is 8.96. The molecule has 0 aliphatic carbocycles. The monoisotopic (exact) mass is 197 g/mol. The van der Waals surface area contributed by atoms with Crippen molar-refractivity contribution in [3.8, 4) is 0 Å². The average Bonchev–Trinajstić information content (AvgIpc) is 2.59. The number of hydrogen-bond acceptors (Lipinski definition) is 3. The van der Waals surface area contributed by atoms with Gasteiger partial charge >= 0.3 is 0 Å². The van der Waals surface area contributed by atoms with Crippen LogP contribution in [0.1, 0.15) is 25.1 Å². The van der Waals surface area contributed by atoms with Crippen LogP contribution in [0.25, 0.3) is 0 Å². The van der Waals surface area contributed by atoms with E-state index in [1.54, 1.807) is 0 Å². The van der Waals surface area contributed by atoms with Crippen molar-refractivity contribution in [2.75, 3.05) is 6.61 Å². The van der Waals surface area contributed by atoms with Gasteiger partial charge in [0.1, 0.15) is 0 Å². The quantitative estimate of drug-likeness (QED) is 0.655. The van der Waals surface area contributed by atoms with E-state index in [1.807, 2.05) is 20.0 Å². The molecule has 0 aliphatic rings. The number of hydrogen-bond donors (Lipinski definition) is 3. The second kappa shape index (κ2) is 5.12. The summed E-state index contributed by atoms with van der Waals surface area (Å²) in [4.78, 5) is 0. The molecule has 14 heavy (non-hydrogen) atoms. The van der Waals surface area contributed by atoms with Crippen LogP contribution in [0.3, 0.4) is 0 Å². The van der Waals surface area contributed by atoms with E-state index in [9.17, 15) is 0 Å². The SMILES string of the molecule is Cc1[nH]ncc1CNC(C)C(C)CO. The number of aliphatic hydroxyl groups excluding tert-OH is 1. The molecule has 1 aromatic heterocycles. The Kier molecular flexibility index (Phi) is 4.10. The molecule has 0 radical (unpaired) electrons. The minimum absolute atomic E-state index is 0.221. The lowest BCUT2D eigenvalue weighted by atomic mass is 10.1. The molecule has 2 unspecified atom stereocenters. The summed E-state index contributed by atoms with van der Waals surface area (Å²) in [5, 5.41) is 19.2. The first-order valence-electron chi connectivity index (χ1n) is 4.98. The fourth-order valence-electron chi connectivity index (χ4n) is 1.18. The summed E-state index contributed by atoms with van der Waals surface area (Å²) in [6.07, 6.45) is 1.83. The van der Waals surface area contributed by atoms with E-state index < -0.39 is 0 Å². The van der Waals surface area contributed by atoms with Gasteiger partial charge in [0.05, 0.1) is 6.20 Å². The third kappa shape index (κ3) is 2.82. The van der Waals surface area contributed by atoms with Crippen LogP contribution in [0.15, 0.2) is 6.20 Å². The van der Waals surface area contributed by atoms with Gasteiger partial charge in [0, 0.05) is 30.5 Å². The average molecular weight is 197 g/mol. The molecular formula is C10H19N3O. The Hall–Kier alpha value is -0.870. The normalized spacial score (nSPS) is 15.4. The molecule has 0 aliphatic heterocycles. The molecule has 0 spiro atoms. The summed E-state index contributed by atoms with van der Waals surface area (Å²) in [7, 11) is 0. The van der Waals surface area contributed by atoms with Crippen LogP contribution in [-0.2, 0) is 6.54 Å². The predicted octanol–water partition coefficient (Wildman–Crippen LogP) is 0.825. The van der Waals surface area contributed by atoms with Crippen molar-refractivity contribution in [2.45, 2.75) is 33.4 Å². The van der Waals surface area contributed by atoms with Gasteiger partial charge < -0.3 is 10.4 Å². The van der Waals surface area contributed by atoms with E-state index in [0.29, 0.717) is 6.04 Å². The van der Waals surface area contributed by atoms with Crippen molar-refractivity contribution in [3.63, 3.8) is 0 Å². The third-order valence-electron chi connectivity index (χ3n) is 2.69. The number of aromatic nitrogens is 2. The highest BCUT2D eigenvalue weighted by Gasteiger charge is 2.10. The minimum atomic E-state index is 0.221. The molecular weight excluding hydrogens is 178 g/mol. The molecule has 80 valence electrons. The Labute approximate surface area is 84.7 Å². The fraction of sp³-hybridized carbons (Fsp3) is 0.700. The van der Waals surface area contributed by atoms with E-state index in [-0.39, 0.29) is 12.5 Å². The van der Waals surface area contributed by atoms with Crippen LogP contribution in [-0.4, -0.2) is 28.0 Å². The minimum Gasteiger partial charge on any atom is -0.396 e. The van der Waals surface area contributed by atoms with Crippen molar-refractivity contribution in [2.24, 2.45) is 5.92 Å². The molecule has 0 bridgehead atoms. The lowest BCUT2D eigenvalue weighted by Gasteiger charge is -2.18. The van der Waals surface area contributed by atoms with Gasteiger partial charge in [-0.3, -0.25) is 5.10 Å². The Morgan fingerprint density at radius 2 is 2.29 bits per heavy atom. The zero-order valence-corrected chi connectivity index (χ0v) is 9.04. The van der Waals surface area contributed by atoms with Crippen molar-refractivity contribution in [1.82, 2.24) is 15.5 Å². The van der Waals surface area contributed by atoms with Gasteiger partial charge in [-0.1, -0.05) is 6.92 Å². The van der Waals surface area contributed by atoms with Crippen molar-refractivity contribution >= 4 is 0 Å². The van der Waals surface area contributed by atoms with Gasteiger partial charge in [-0.25, -0.2) is 0 Å². The number of aryl methyl sites for hydroxylation is 1. The molecule has 4 heteroatoms. The number of rotatable bonds is 5. The van der Waals surface area contributed by atoms with E-state index in [1.165, 1.54) is 5.56 Å². The third-order valence-corrected chi connectivity index (χ3v) is 2.69. The highest BCUT2D eigenvalue weighted by molar-refractivity contribution is 5.13. The number of nitrogens with one attached hydrogen (secondary N) is 2. The molecule has 0 saturated carbocycles. The number of aliphatic hydroxyl groups is 1. The van der Waals surface area contributed by atoms with Gasteiger partial charge in [0.15, 0.2) is 0 Å². The molecule has 3 N–H and O–H groups in total. The van der Waals surface area contributed by atoms with Crippen LogP contribution < -0.4 is 5.32 Å². The largest absolute Gasteiger partial charge is 0.396 e. The first-order valence-corrected chi connectivity index (χ1v) is 4.98. The van der Waals surface area contributed by atoms with Gasteiger partial charge in [0.25, 0.3) is 0 Å². The van der Waals surface area contributed by atoms with Crippen molar-refractivity contribution in [3.05, 3.63) is 17.5 Å². The number of aromatic amines is 1. The standard InChI is InChI=1S/C10H19N3O/c1-7(6-14)8(2)11-4-10-5-12-13-9(10)3/h5,7-8,11,14H,4,6H2,1-3H3,(H,12,13). The lowest BCUT2D eigenvalue weighted by Crippen LogP contribution is -2.33. The second-order valence-corrected chi connectivity index (χ2v) is 3.85. The fourth-order valence-corrected chi connectivity index (χ4v) is 1.18. The summed E-state index contributed by atoms with van der Waals surface area (Å²) in [5.41, 5.74) is 2.28. The summed E-state index contributed by atoms with van der Waals surface area (Å²) in [6, 6.07) is 0.314. The van der Waals surface area contributed by atoms with Crippen LogP contribution in [0.4, 0.5) is 0 Å².